The number of rotatable bonds is 7. The van der Waals surface area contributed by atoms with E-state index in [1.165, 1.54) is 7.11 Å². The van der Waals surface area contributed by atoms with E-state index in [9.17, 15) is 4.79 Å². The Balaban J connectivity index is 1.66. The van der Waals surface area contributed by atoms with Gasteiger partial charge < -0.3 is 9.47 Å². The summed E-state index contributed by atoms with van der Waals surface area (Å²) < 4.78 is 11.1. The average molecular weight is 360 g/mol. The van der Waals surface area contributed by atoms with Crippen LogP contribution < -0.4 is 14.9 Å². The van der Waals surface area contributed by atoms with E-state index in [0.717, 1.165) is 11.1 Å². The van der Waals surface area contributed by atoms with Gasteiger partial charge in [0.2, 0.25) is 0 Å². The number of carbonyl (C=O) groups is 1. The van der Waals surface area contributed by atoms with Crippen LogP contribution in [0, 0.1) is 0 Å². The van der Waals surface area contributed by atoms with E-state index >= 15 is 0 Å². The second kappa shape index (κ2) is 9.20. The number of nitrogens with zero attached hydrogens (tertiary/aromatic N) is 1. The van der Waals surface area contributed by atoms with E-state index in [0.29, 0.717) is 23.7 Å². The Bertz CT molecular complexity index is 924. The van der Waals surface area contributed by atoms with Crippen molar-refractivity contribution in [3.05, 3.63) is 95.6 Å². The molecule has 0 aromatic heterocycles. The number of nitrogens with one attached hydrogen (secondary N) is 1. The Morgan fingerprint density at radius 3 is 2.37 bits per heavy atom. The molecule has 5 nitrogen and oxygen atoms in total. The summed E-state index contributed by atoms with van der Waals surface area (Å²) in [5.74, 6) is 0.847. The number of hydrazone groups is 1. The molecule has 0 bridgehead atoms. The number of hydrogen-bond donors (Lipinski definition) is 1. The molecule has 0 aliphatic heterocycles. The number of para-hydroxylation sites is 2. The van der Waals surface area contributed by atoms with Crippen LogP contribution in [0.15, 0.2) is 84.0 Å². The molecular formula is C22H20N2O3. The monoisotopic (exact) mass is 360 g/mol. The lowest BCUT2D eigenvalue weighted by molar-refractivity contribution is 0.0952. The average Bonchev–Trinajstić information content (AvgIpc) is 2.73. The zero-order valence-corrected chi connectivity index (χ0v) is 15.0. The van der Waals surface area contributed by atoms with Gasteiger partial charge in [-0.3, -0.25) is 4.79 Å². The molecule has 0 radical (unpaired) electrons. The van der Waals surface area contributed by atoms with Crippen LogP contribution in [0.1, 0.15) is 21.5 Å². The largest absolute Gasteiger partial charge is 0.496 e. The third-order valence-electron chi connectivity index (χ3n) is 3.88. The highest BCUT2D eigenvalue weighted by atomic mass is 16.5. The molecule has 3 rings (SSSR count). The maximum Gasteiger partial charge on any atom is 0.275 e. The first-order chi connectivity index (χ1) is 13.3. The van der Waals surface area contributed by atoms with Gasteiger partial charge in [0.1, 0.15) is 18.1 Å². The van der Waals surface area contributed by atoms with Crippen molar-refractivity contribution in [3.63, 3.8) is 0 Å². The number of carbonyl (C=O) groups excluding carboxylic acids is 1. The van der Waals surface area contributed by atoms with Crippen LogP contribution in [-0.4, -0.2) is 19.2 Å². The van der Waals surface area contributed by atoms with Crippen LogP contribution in [0.4, 0.5) is 0 Å². The van der Waals surface area contributed by atoms with Gasteiger partial charge in [0.15, 0.2) is 0 Å². The summed E-state index contributed by atoms with van der Waals surface area (Å²) in [4.78, 5) is 12.3. The van der Waals surface area contributed by atoms with Gasteiger partial charge in [-0.25, -0.2) is 5.43 Å². The maximum absolute atomic E-state index is 12.3. The SMILES string of the molecule is COc1ccccc1C(=O)N/N=C\c1ccccc1OCc1ccccc1. The molecule has 0 aliphatic carbocycles. The van der Waals surface area contributed by atoms with Crippen molar-refractivity contribution in [1.29, 1.82) is 0 Å². The highest BCUT2D eigenvalue weighted by Crippen LogP contribution is 2.18. The van der Waals surface area contributed by atoms with Crippen molar-refractivity contribution in [1.82, 2.24) is 5.43 Å². The summed E-state index contributed by atoms with van der Waals surface area (Å²) in [7, 11) is 1.52. The predicted octanol–water partition coefficient (Wildman–Crippen LogP) is 4.04. The molecule has 0 saturated carbocycles. The van der Waals surface area contributed by atoms with Crippen molar-refractivity contribution in [3.8, 4) is 11.5 Å². The third-order valence-corrected chi connectivity index (χ3v) is 3.88. The first-order valence-corrected chi connectivity index (χ1v) is 8.50. The molecule has 0 spiro atoms. The van der Waals surface area contributed by atoms with E-state index in [4.69, 9.17) is 9.47 Å². The normalized spacial score (nSPS) is 10.6. The molecule has 136 valence electrons. The Hall–Kier alpha value is -3.60. The van der Waals surface area contributed by atoms with Crippen LogP contribution in [0.25, 0.3) is 0 Å². The van der Waals surface area contributed by atoms with Gasteiger partial charge in [0, 0.05) is 5.56 Å². The van der Waals surface area contributed by atoms with Gasteiger partial charge in [-0.15, -0.1) is 0 Å². The first kappa shape index (κ1) is 18.2. The Morgan fingerprint density at radius 1 is 0.926 bits per heavy atom. The van der Waals surface area contributed by atoms with Gasteiger partial charge in [-0.2, -0.15) is 5.10 Å². The second-order valence-corrected chi connectivity index (χ2v) is 5.71. The highest BCUT2D eigenvalue weighted by Gasteiger charge is 2.10. The summed E-state index contributed by atoms with van der Waals surface area (Å²) in [6.45, 7) is 0.458. The molecule has 5 heteroatoms. The zero-order chi connectivity index (χ0) is 18.9. The van der Waals surface area contributed by atoms with E-state index in [1.807, 2.05) is 54.6 Å². The number of methoxy groups -OCH3 is 1. The summed E-state index contributed by atoms with van der Waals surface area (Å²) in [6.07, 6.45) is 1.56. The fraction of sp³-hybridized carbons (Fsp3) is 0.0909. The van der Waals surface area contributed by atoms with Crippen molar-refractivity contribution >= 4 is 12.1 Å². The van der Waals surface area contributed by atoms with Crippen molar-refractivity contribution in [2.24, 2.45) is 5.10 Å². The van der Waals surface area contributed by atoms with Crippen molar-refractivity contribution in [2.45, 2.75) is 6.61 Å². The lowest BCUT2D eigenvalue weighted by Crippen LogP contribution is -2.18. The van der Waals surface area contributed by atoms with Crippen molar-refractivity contribution < 1.29 is 14.3 Å². The van der Waals surface area contributed by atoms with Crippen LogP contribution in [0.3, 0.4) is 0 Å². The quantitative estimate of drug-likeness (QED) is 0.511. The van der Waals surface area contributed by atoms with Gasteiger partial charge in [-0.05, 0) is 29.8 Å². The fourth-order valence-corrected chi connectivity index (χ4v) is 2.51. The molecule has 0 fully saturated rings. The number of hydrogen-bond acceptors (Lipinski definition) is 4. The van der Waals surface area contributed by atoms with E-state index < -0.39 is 0 Å². The van der Waals surface area contributed by atoms with Crippen LogP contribution in [0.2, 0.25) is 0 Å². The summed E-state index contributed by atoms with van der Waals surface area (Å²) in [5.41, 5.74) is 4.79. The highest BCUT2D eigenvalue weighted by molar-refractivity contribution is 5.97. The Morgan fingerprint density at radius 2 is 1.59 bits per heavy atom. The number of amides is 1. The molecule has 0 aliphatic rings. The minimum absolute atomic E-state index is 0.341. The number of benzene rings is 3. The first-order valence-electron chi connectivity index (χ1n) is 8.50. The van der Waals surface area contributed by atoms with Crippen LogP contribution in [0.5, 0.6) is 11.5 Å². The topological polar surface area (TPSA) is 59.9 Å². The molecule has 0 atom stereocenters. The molecule has 1 amide bonds. The van der Waals surface area contributed by atoms with E-state index in [-0.39, 0.29) is 5.91 Å². The second-order valence-electron chi connectivity index (χ2n) is 5.71. The molecule has 0 heterocycles. The van der Waals surface area contributed by atoms with E-state index in [2.05, 4.69) is 10.5 Å². The maximum atomic E-state index is 12.3. The number of ether oxygens (including phenoxy) is 2. The van der Waals surface area contributed by atoms with Crippen molar-refractivity contribution in [2.75, 3.05) is 7.11 Å². The molecule has 1 N–H and O–H groups in total. The fourth-order valence-electron chi connectivity index (χ4n) is 2.51. The zero-order valence-electron chi connectivity index (χ0n) is 15.0. The Labute approximate surface area is 158 Å². The van der Waals surface area contributed by atoms with Gasteiger partial charge >= 0.3 is 0 Å². The molecule has 3 aromatic rings. The minimum atomic E-state index is -0.341. The molecule has 0 saturated heterocycles. The smallest absolute Gasteiger partial charge is 0.275 e. The summed E-state index contributed by atoms with van der Waals surface area (Å²) in [6, 6.07) is 24.4. The minimum Gasteiger partial charge on any atom is -0.496 e. The lowest BCUT2D eigenvalue weighted by atomic mass is 10.2. The van der Waals surface area contributed by atoms with Gasteiger partial charge in [0.05, 0.1) is 18.9 Å². The Kier molecular flexibility index (Phi) is 6.20. The lowest BCUT2D eigenvalue weighted by Gasteiger charge is -2.09. The predicted molar refractivity (Wildman–Crippen MR) is 105 cm³/mol. The summed E-state index contributed by atoms with van der Waals surface area (Å²) in [5, 5.41) is 4.05. The molecule has 27 heavy (non-hydrogen) atoms. The van der Waals surface area contributed by atoms with Gasteiger partial charge in [-0.1, -0.05) is 54.6 Å². The third kappa shape index (κ3) is 4.95. The van der Waals surface area contributed by atoms with E-state index in [1.54, 1.807) is 30.5 Å². The summed E-state index contributed by atoms with van der Waals surface area (Å²) >= 11 is 0. The standard InChI is InChI=1S/C22H20N2O3/c1-26-21-14-8-6-12-19(21)22(25)24-23-15-18-11-5-7-13-20(18)27-16-17-9-3-2-4-10-17/h2-15H,16H2,1H3,(H,24,25)/b23-15-. The molecule has 3 aromatic carbocycles. The van der Waals surface area contributed by atoms with Crippen LogP contribution >= 0.6 is 0 Å². The van der Waals surface area contributed by atoms with Crippen LogP contribution in [-0.2, 0) is 6.61 Å². The molecule has 0 unspecified atom stereocenters. The molecular weight excluding hydrogens is 340 g/mol. The van der Waals surface area contributed by atoms with Gasteiger partial charge in [0.25, 0.3) is 5.91 Å².